The van der Waals surface area contributed by atoms with Crippen molar-refractivity contribution in [1.82, 2.24) is 4.98 Å². The van der Waals surface area contributed by atoms with Gasteiger partial charge in [-0.05, 0) is 74.8 Å². The highest BCUT2D eigenvalue weighted by atomic mass is 32.1. The minimum absolute atomic E-state index is 0.0428. The summed E-state index contributed by atoms with van der Waals surface area (Å²) in [5, 5.41) is 10.9. The van der Waals surface area contributed by atoms with Gasteiger partial charge in [-0.15, -0.1) is 11.3 Å². The molecule has 3 heterocycles. The summed E-state index contributed by atoms with van der Waals surface area (Å²) in [6.45, 7) is 6.13. The fourth-order valence-corrected chi connectivity index (χ4v) is 6.05. The average molecular weight is 503 g/mol. The number of anilines is 1. The van der Waals surface area contributed by atoms with Gasteiger partial charge in [-0.3, -0.25) is 4.79 Å². The van der Waals surface area contributed by atoms with E-state index in [-0.39, 0.29) is 22.7 Å². The number of rotatable bonds is 6. The van der Waals surface area contributed by atoms with E-state index >= 15 is 0 Å². The van der Waals surface area contributed by atoms with Crippen molar-refractivity contribution >= 4 is 40.0 Å². The number of carboxylic acids is 1. The van der Waals surface area contributed by atoms with Crippen molar-refractivity contribution in [3.8, 4) is 21.6 Å². The summed E-state index contributed by atoms with van der Waals surface area (Å²) in [6, 6.07) is 13.6. The van der Waals surface area contributed by atoms with Crippen LogP contribution in [-0.4, -0.2) is 28.0 Å². The zero-order valence-electron chi connectivity index (χ0n) is 20.7. The second-order valence-corrected chi connectivity index (χ2v) is 11.1. The first kappa shape index (κ1) is 24.3. The van der Waals surface area contributed by atoms with E-state index in [4.69, 9.17) is 4.42 Å². The third-order valence-electron chi connectivity index (χ3n) is 7.09. The lowest BCUT2D eigenvalue weighted by atomic mass is 9.82. The average Bonchev–Trinajstić information content (AvgIpc) is 3.51. The number of aromatic carboxylic acids is 1. The van der Waals surface area contributed by atoms with E-state index in [0.717, 1.165) is 52.6 Å². The number of hydrogen-bond acceptors (Lipinski definition) is 5. The van der Waals surface area contributed by atoms with Crippen molar-refractivity contribution < 1.29 is 19.1 Å². The molecule has 1 aliphatic carbocycles. The van der Waals surface area contributed by atoms with Crippen LogP contribution >= 0.6 is 11.3 Å². The van der Waals surface area contributed by atoms with E-state index in [1.54, 1.807) is 17.4 Å². The molecule has 4 aromatic rings. The molecule has 0 atom stereocenters. The highest BCUT2D eigenvalue weighted by Gasteiger charge is 2.33. The summed E-state index contributed by atoms with van der Waals surface area (Å²) in [7, 11) is 0. The van der Waals surface area contributed by atoms with E-state index in [2.05, 4.69) is 11.9 Å². The molecule has 0 aliphatic heterocycles. The molecule has 1 amide bonds. The molecule has 3 aromatic heterocycles. The number of furan rings is 1. The highest BCUT2D eigenvalue weighted by molar-refractivity contribution is 7.18. The molecule has 6 nitrogen and oxygen atoms in total. The van der Waals surface area contributed by atoms with Gasteiger partial charge >= 0.3 is 5.97 Å². The van der Waals surface area contributed by atoms with Crippen LogP contribution in [0.5, 0.6) is 0 Å². The molecule has 36 heavy (non-hydrogen) atoms. The molecule has 1 N–H and O–H groups in total. The molecule has 1 saturated carbocycles. The smallest absolute Gasteiger partial charge is 0.348 e. The van der Waals surface area contributed by atoms with Gasteiger partial charge in [0.2, 0.25) is 11.6 Å². The molecular formula is C29H30N2O4S. The molecule has 1 aliphatic rings. The summed E-state index contributed by atoms with van der Waals surface area (Å²) in [4.78, 5) is 32.9. The van der Waals surface area contributed by atoms with Crippen molar-refractivity contribution in [3.05, 3.63) is 59.8 Å². The van der Waals surface area contributed by atoms with Crippen LogP contribution in [0.4, 0.5) is 5.69 Å². The minimum atomic E-state index is -1.01. The van der Waals surface area contributed by atoms with Crippen LogP contribution < -0.4 is 4.90 Å². The number of carbonyl (C=O) groups excluding carboxylic acids is 1. The first-order valence-electron chi connectivity index (χ1n) is 12.5. The monoisotopic (exact) mass is 502 g/mol. The van der Waals surface area contributed by atoms with Gasteiger partial charge in [0.1, 0.15) is 4.88 Å². The zero-order valence-corrected chi connectivity index (χ0v) is 21.5. The highest BCUT2D eigenvalue weighted by Crippen LogP contribution is 2.40. The SMILES string of the molecule is CC1CCC(C(=O)N(c2cc(-c3ccc(-c4cnc5occc5c4)cc3)sc2C(=O)O)C(C)C)CC1. The maximum absolute atomic E-state index is 13.6. The number of thiophene rings is 1. The van der Waals surface area contributed by atoms with E-state index in [0.29, 0.717) is 17.3 Å². The molecule has 1 aromatic carbocycles. The van der Waals surface area contributed by atoms with Crippen LogP contribution in [0.3, 0.4) is 0 Å². The van der Waals surface area contributed by atoms with Gasteiger partial charge < -0.3 is 14.4 Å². The van der Waals surface area contributed by atoms with Crippen molar-refractivity contribution in [2.24, 2.45) is 11.8 Å². The summed E-state index contributed by atoms with van der Waals surface area (Å²) in [6.07, 6.45) is 7.22. The molecule has 0 saturated heterocycles. The fraction of sp³-hybridized carbons (Fsp3) is 0.345. The normalized spacial score (nSPS) is 18.0. The Balaban J connectivity index is 1.46. The first-order chi connectivity index (χ1) is 17.3. The van der Waals surface area contributed by atoms with Crippen LogP contribution in [0.2, 0.25) is 0 Å². The Labute approximate surface area is 214 Å². The van der Waals surface area contributed by atoms with Crippen molar-refractivity contribution in [2.75, 3.05) is 4.90 Å². The van der Waals surface area contributed by atoms with Crippen molar-refractivity contribution in [3.63, 3.8) is 0 Å². The lowest BCUT2D eigenvalue weighted by Crippen LogP contribution is -2.42. The molecule has 7 heteroatoms. The Hall–Kier alpha value is -3.45. The number of fused-ring (bicyclic) bond motifs is 1. The predicted octanol–water partition coefficient (Wildman–Crippen LogP) is 7.49. The maximum atomic E-state index is 13.6. The first-order valence-corrected chi connectivity index (χ1v) is 13.3. The van der Waals surface area contributed by atoms with E-state index in [9.17, 15) is 14.7 Å². The summed E-state index contributed by atoms with van der Waals surface area (Å²) in [5.74, 6) is -0.368. The number of carbonyl (C=O) groups is 2. The lowest BCUT2D eigenvalue weighted by molar-refractivity contribution is -0.123. The molecule has 0 radical (unpaired) electrons. The van der Waals surface area contributed by atoms with Gasteiger partial charge in [0, 0.05) is 34.0 Å². The standard InChI is InChI=1S/C29H30N2O4S/c1-17(2)31(28(32)21-6-4-18(3)5-7-21)24-15-25(36-26(24)29(33)34)20-10-8-19(9-11-20)23-14-22-12-13-35-27(22)30-16-23/h8-18,21H,4-7H2,1-3H3,(H,33,34). The second-order valence-electron chi connectivity index (χ2n) is 10.0. The van der Waals surface area contributed by atoms with Gasteiger partial charge in [-0.25, -0.2) is 9.78 Å². The zero-order chi connectivity index (χ0) is 25.4. The fourth-order valence-electron chi connectivity index (χ4n) is 5.05. The number of aromatic nitrogens is 1. The lowest BCUT2D eigenvalue weighted by Gasteiger charge is -2.33. The van der Waals surface area contributed by atoms with E-state index in [1.165, 1.54) is 11.3 Å². The number of hydrogen-bond donors (Lipinski definition) is 1. The van der Waals surface area contributed by atoms with Crippen molar-refractivity contribution in [2.45, 2.75) is 52.5 Å². The molecule has 0 spiro atoms. The Bertz CT molecular complexity index is 1390. The number of amides is 1. The van der Waals surface area contributed by atoms with Gasteiger partial charge in [-0.2, -0.15) is 0 Å². The van der Waals surface area contributed by atoms with Gasteiger partial charge in [-0.1, -0.05) is 31.2 Å². The molecule has 186 valence electrons. The van der Waals surface area contributed by atoms with Gasteiger partial charge in [0.25, 0.3) is 0 Å². The van der Waals surface area contributed by atoms with Crippen LogP contribution in [0.15, 0.2) is 59.3 Å². The quantitative estimate of drug-likeness (QED) is 0.295. The third kappa shape index (κ3) is 4.67. The Morgan fingerprint density at radius 1 is 1.03 bits per heavy atom. The Kier molecular flexibility index (Phi) is 6.67. The molecule has 0 unspecified atom stereocenters. The molecular weight excluding hydrogens is 472 g/mol. The Morgan fingerprint density at radius 2 is 1.72 bits per heavy atom. The minimum Gasteiger partial charge on any atom is -0.477 e. The number of nitrogens with zero attached hydrogens (tertiary/aromatic N) is 2. The van der Waals surface area contributed by atoms with Gasteiger partial charge in [0.05, 0.1) is 12.0 Å². The van der Waals surface area contributed by atoms with E-state index < -0.39 is 5.97 Å². The molecule has 5 rings (SSSR count). The van der Waals surface area contributed by atoms with E-state index in [1.807, 2.05) is 56.3 Å². The summed E-state index contributed by atoms with van der Waals surface area (Å²) < 4.78 is 5.33. The number of carboxylic acid groups (broad SMARTS) is 1. The van der Waals surface area contributed by atoms with Crippen LogP contribution in [0.25, 0.3) is 32.7 Å². The second kappa shape index (κ2) is 9.90. The largest absolute Gasteiger partial charge is 0.477 e. The topological polar surface area (TPSA) is 83.6 Å². The van der Waals surface area contributed by atoms with Gasteiger partial charge in [0.15, 0.2) is 0 Å². The predicted molar refractivity (Wildman–Crippen MR) is 143 cm³/mol. The maximum Gasteiger partial charge on any atom is 0.348 e. The number of benzene rings is 1. The summed E-state index contributed by atoms with van der Waals surface area (Å²) >= 11 is 1.22. The van der Waals surface area contributed by atoms with Crippen LogP contribution in [0, 0.1) is 11.8 Å². The summed E-state index contributed by atoms with van der Waals surface area (Å²) in [5.41, 5.74) is 4.01. The molecule has 0 bridgehead atoms. The van der Waals surface area contributed by atoms with Crippen LogP contribution in [-0.2, 0) is 4.79 Å². The van der Waals surface area contributed by atoms with Crippen molar-refractivity contribution in [1.29, 1.82) is 0 Å². The molecule has 1 fully saturated rings. The van der Waals surface area contributed by atoms with Crippen LogP contribution in [0.1, 0.15) is 56.1 Å². The third-order valence-corrected chi connectivity index (χ3v) is 8.26. The number of pyridine rings is 1. The Morgan fingerprint density at radius 3 is 2.39 bits per heavy atom.